The first-order valence-corrected chi connectivity index (χ1v) is 9.45. The fourth-order valence-corrected chi connectivity index (χ4v) is 3.12. The Balaban J connectivity index is 0.00000420. The van der Waals surface area contributed by atoms with Crippen LogP contribution >= 0.6 is 24.0 Å². The highest BCUT2D eigenvalue weighted by Gasteiger charge is 2.34. The van der Waals surface area contributed by atoms with Gasteiger partial charge in [0.1, 0.15) is 0 Å². The number of hydrogen-bond acceptors (Lipinski definition) is 3. The number of benzene rings is 1. The van der Waals surface area contributed by atoms with Gasteiger partial charge in [0.25, 0.3) is 0 Å². The Morgan fingerprint density at radius 1 is 1.28 bits per heavy atom. The third kappa shape index (κ3) is 10.2. The molecule has 6 nitrogen and oxygen atoms in total. The van der Waals surface area contributed by atoms with Crippen LogP contribution in [0.1, 0.15) is 25.8 Å². The normalized spacial score (nSPS) is 17.6. The minimum absolute atomic E-state index is 0. The van der Waals surface area contributed by atoms with Gasteiger partial charge in [0, 0.05) is 44.8 Å². The second-order valence-electron chi connectivity index (χ2n) is 6.87. The zero-order valence-corrected chi connectivity index (χ0v) is 19.0. The fraction of sp³-hybridized carbons (Fsp3) is 0.579. The number of carbonyl (C=O) groups excluding carboxylic acids is 1. The number of nitrogens with zero attached hydrogens (tertiary/aromatic N) is 2. The molecule has 1 heterocycles. The van der Waals surface area contributed by atoms with Crippen LogP contribution in [-0.4, -0.2) is 61.7 Å². The van der Waals surface area contributed by atoms with Crippen molar-refractivity contribution in [3.63, 3.8) is 0 Å². The number of aliphatic imine (C=N–C) groups is 1. The highest BCUT2D eigenvalue weighted by molar-refractivity contribution is 14.0. The fourth-order valence-electron chi connectivity index (χ4n) is 3.12. The number of anilines is 1. The van der Waals surface area contributed by atoms with Gasteiger partial charge in [0.05, 0.1) is 6.54 Å². The maximum Gasteiger partial charge on any atom is 0.401 e. The molecular weight excluding hydrogens is 498 g/mol. The summed E-state index contributed by atoms with van der Waals surface area (Å²) < 4.78 is 37.5. The van der Waals surface area contributed by atoms with Gasteiger partial charge >= 0.3 is 6.18 Å². The Morgan fingerprint density at radius 3 is 2.55 bits per heavy atom. The van der Waals surface area contributed by atoms with Crippen LogP contribution in [0.15, 0.2) is 29.3 Å². The first-order valence-electron chi connectivity index (χ1n) is 9.45. The van der Waals surface area contributed by atoms with Crippen LogP contribution in [-0.2, 0) is 11.2 Å². The highest BCUT2D eigenvalue weighted by atomic mass is 127. The van der Waals surface area contributed by atoms with Crippen molar-refractivity contribution < 1.29 is 18.0 Å². The van der Waals surface area contributed by atoms with Crippen molar-refractivity contribution in [2.45, 2.75) is 38.9 Å². The van der Waals surface area contributed by atoms with Crippen molar-refractivity contribution in [2.24, 2.45) is 4.99 Å². The van der Waals surface area contributed by atoms with Crippen LogP contribution < -0.4 is 16.0 Å². The lowest BCUT2D eigenvalue weighted by Crippen LogP contribution is -2.45. The molecule has 3 N–H and O–H groups in total. The van der Waals surface area contributed by atoms with Crippen LogP contribution in [0.4, 0.5) is 18.9 Å². The summed E-state index contributed by atoms with van der Waals surface area (Å²) >= 11 is 0. The first kappa shape index (κ1) is 25.5. The molecule has 1 saturated heterocycles. The molecule has 0 saturated carbocycles. The Labute approximate surface area is 186 Å². The molecule has 0 radical (unpaired) electrons. The van der Waals surface area contributed by atoms with Crippen molar-refractivity contribution in [1.29, 1.82) is 0 Å². The van der Waals surface area contributed by atoms with Crippen LogP contribution in [0.25, 0.3) is 0 Å². The van der Waals surface area contributed by atoms with E-state index in [1.807, 2.05) is 31.2 Å². The smallest absolute Gasteiger partial charge is 0.357 e. The van der Waals surface area contributed by atoms with E-state index >= 15 is 0 Å². The SMILES string of the molecule is CCNC(=NCCc1ccc(NC(C)=O)cc1)NC1CCN(CC(F)(F)F)C1.I. The Bertz CT molecular complexity index is 667. The van der Waals surface area contributed by atoms with Gasteiger partial charge in [-0.15, -0.1) is 24.0 Å². The molecule has 0 aliphatic carbocycles. The summed E-state index contributed by atoms with van der Waals surface area (Å²) in [6.07, 6.45) is -2.78. The van der Waals surface area contributed by atoms with E-state index in [4.69, 9.17) is 0 Å². The van der Waals surface area contributed by atoms with Gasteiger partial charge in [-0.2, -0.15) is 13.2 Å². The minimum Gasteiger partial charge on any atom is -0.357 e. The Morgan fingerprint density at radius 2 is 1.97 bits per heavy atom. The summed E-state index contributed by atoms with van der Waals surface area (Å²) in [5.41, 5.74) is 1.84. The molecule has 1 aliphatic rings. The lowest BCUT2D eigenvalue weighted by Gasteiger charge is -2.19. The molecule has 1 unspecified atom stereocenters. The van der Waals surface area contributed by atoms with E-state index in [1.54, 1.807) is 0 Å². The molecule has 29 heavy (non-hydrogen) atoms. The molecule has 0 bridgehead atoms. The van der Waals surface area contributed by atoms with Crippen LogP contribution in [0.2, 0.25) is 0 Å². The van der Waals surface area contributed by atoms with Gasteiger partial charge in [0.15, 0.2) is 5.96 Å². The first-order chi connectivity index (χ1) is 13.2. The summed E-state index contributed by atoms with van der Waals surface area (Å²) in [5, 5.41) is 9.09. The number of hydrogen-bond donors (Lipinski definition) is 3. The molecule has 1 fully saturated rings. The van der Waals surface area contributed by atoms with E-state index in [0.717, 1.165) is 17.7 Å². The van der Waals surface area contributed by atoms with Gasteiger partial charge in [-0.3, -0.25) is 14.7 Å². The summed E-state index contributed by atoms with van der Waals surface area (Å²) in [6, 6.07) is 7.52. The Hall–Kier alpha value is -1.56. The van der Waals surface area contributed by atoms with Crippen molar-refractivity contribution >= 4 is 41.5 Å². The predicted octanol–water partition coefficient (Wildman–Crippen LogP) is 3.00. The van der Waals surface area contributed by atoms with E-state index in [0.29, 0.717) is 38.6 Å². The molecule has 10 heteroatoms. The molecule has 1 amide bonds. The average Bonchev–Trinajstić information content (AvgIpc) is 3.01. The summed E-state index contributed by atoms with van der Waals surface area (Å²) in [4.78, 5) is 17.0. The maximum absolute atomic E-state index is 12.5. The molecular formula is C19H29F3IN5O. The second kappa shape index (κ2) is 12.2. The second-order valence-corrected chi connectivity index (χ2v) is 6.87. The quantitative estimate of drug-likeness (QED) is 0.290. The van der Waals surface area contributed by atoms with Crippen LogP contribution in [0.3, 0.4) is 0 Å². The summed E-state index contributed by atoms with van der Waals surface area (Å²) in [5.74, 6) is 0.510. The largest absolute Gasteiger partial charge is 0.401 e. The molecule has 2 rings (SSSR count). The molecule has 0 aromatic heterocycles. The molecule has 1 aromatic rings. The number of carbonyl (C=O) groups is 1. The number of guanidine groups is 1. The lowest BCUT2D eigenvalue weighted by molar-refractivity contribution is -0.143. The van der Waals surface area contributed by atoms with Gasteiger partial charge in [-0.1, -0.05) is 12.1 Å². The standard InChI is InChI=1S/C19H28F3N5O.HI/c1-3-23-18(26-17-9-11-27(12-17)13-19(20,21)22)24-10-8-15-4-6-16(7-5-15)25-14(2)28;/h4-7,17H,3,8-13H2,1-2H3,(H,25,28)(H2,23,24,26);1H. The maximum atomic E-state index is 12.5. The van der Waals surface area contributed by atoms with E-state index in [1.165, 1.54) is 11.8 Å². The topological polar surface area (TPSA) is 68.8 Å². The number of nitrogens with one attached hydrogen (secondary N) is 3. The number of rotatable bonds is 7. The number of alkyl halides is 3. The third-order valence-electron chi connectivity index (χ3n) is 4.31. The molecule has 1 aliphatic heterocycles. The zero-order valence-electron chi connectivity index (χ0n) is 16.7. The third-order valence-corrected chi connectivity index (χ3v) is 4.31. The number of amides is 1. The van der Waals surface area contributed by atoms with Crippen molar-refractivity contribution in [3.8, 4) is 0 Å². The van der Waals surface area contributed by atoms with Gasteiger partial charge < -0.3 is 16.0 Å². The monoisotopic (exact) mass is 527 g/mol. The van der Waals surface area contributed by atoms with Crippen molar-refractivity contribution in [2.75, 3.05) is 38.0 Å². The van der Waals surface area contributed by atoms with Crippen molar-refractivity contribution in [1.82, 2.24) is 15.5 Å². The Kier molecular flexibility index (Phi) is 10.7. The predicted molar refractivity (Wildman–Crippen MR) is 120 cm³/mol. The van der Waals surface area contributed by atoms with E-state index in [2.05, 4.69) is 20.9 Å². The zero-order chi connectivity index (χ0) is 20.6. The molecule has 1 aromatic carbocycles. The van der Waals surface area contributed by atoms with Gasteiger partial charge in [0.2, 0.25) is 5.91 Å². The lowest BCUT2D eigenvalue weighted by atomic mass is 10.1. The van der Waals surface area contributed by atoms with Gasteiger partial charge in [-0.05, 0) is 37.5 Å². The summed E-state index contributed by atoms with van der Waals surface area (Å²) in [6.45, 7) is 4.55. The highest BCUT2D eigenvalue weighted by Crippen LogP contribution is 2.19. The number of likely N-dealkylation sites (tertiary alicyclic amines) is 1. The van der Waals surface area contributed by atoms with E-state index in [-0.39, 0.29) is 35.9 Å². The van der Waals surface area contributed by atoms with Crippen molar-refractivity contribution in [3.05, 3.63) is 29.8 Å². The van der Waals surface area contributed by atoms with E-state index in [9.17, 15) is 18.0 Å². The minimum atomic E-state index is -4.16. The van der Waals surface area contributed by atoms with Crippen LogP contribution in [0.5, 0.6) is 0 Å². The molecule has 0 spiro atoms. The van der Waals surface area contributed by atoms with Crippen LogP contribution in [0, 0.1) is 0 Å². The molecule has 164 valence electrons. The van der Waals surface area contributed by atoms with Gasteiger partial charge in [-0.25, -0.2) is 0 Å². The number of halogens is 4. The summed E-state index contributed by atoms with van der Waals surface area (Å²) in [7, 11) is 0. The molecule has 1 atom stereocenters. The van der Waals surface area contributed by atoms with E-state index < -0.39 is 12.7 Å². The average molecular weight is 527 g/mol.